The number of benzene rings is 2. The maximum absolute atomic E-state index is 6.51. The molecule has 2 aromatic carbocycles. The van der Waals surface area contributed by atoms with Crippen LogP contribution in [0.25, 0.3) is 20.2 Å². The second kappa shape index (κ2) is 4.70. The lowest BCUT2D eigenvalue weighted by molar-refractivity contribution is 0.909. The van der Waals surface area contributed by atoms with Gasteiger partial charge in [-0.3, -0.25) is 0 Å². The van der Waals surface area contributed by atoms with E-state index in [2.05, 4.69) is 60.0 Å². The van der Waals surface area contributed by atoms with E-state index in [1.807, 2.05) is 0 Å². The summed E-state index contributed by atoms with van der Waals surface area (Å²) in [7, 11) is 0. The maximum atomic E-state index is 6.51. The van der Waals surface area contributed by atoms with Gasteiger partial charge < -0.3 is 5.73 Å². The lowest BCUT2D eigenvalue weighted by Crippen LogP contribution is -2.09. The second-order valence-corrected chi connectivity index (χ2v) is 6.88. The summed E-state index contributed by atoms with van der Waals surface area (Å²) >= 11 is 3.56. The number of thiophene rings is 2. The molecule has 0 amide bonds. The van der Waals surface area contributed by atoms with E-state index in [1.54, 1.807) is 22.7 Å². The summed E-state index contributed by atoms with van der Waals surface area (Å²) < 4.78 is 2.61. The Kier molecular flexibility index (Phi) is 2.84. The van der Waals surface area contributed by atoms with E-state index in [4.69, 9.17) is 5.73 Å². The highest BCUT2D eigenvalue weighted by Gasteiger charge is 2.16. The van der Waals surface area contributed by atoms with Gasteiger partial charge in [0.1, 0.15) is 0 Å². The zero-order chi connectivity index (χ0) is 13.5. The van der Waals surface area contributed by atoms with Gasteiger partial charge in [-0.15, -0.1) is 22.7 Å². The zero-order valence-corrected chi connectivity index (χ0v) is 12.4. The van der Waals surface area contributed by atoms with Crippen LogP contribution in [-0.4, -0.2) is 0 Å². The van der Waals surface area contributed by atoms with E-state index in [9.17, 15) is 0 Å². The van der Waals surface area contributed by atoms with Gasteiger partial charge in [0.15, 0.2) is 0 Å². The molecule has 1 nitrogen and oxygen atoms in total. The highest BCUT2D eigenvalue weighted by atomic mass is 32.1. The smallest absolute Gasteiger partial charge is 0.0660 e. The topological polar surface area (TPSA) is 26.0 Å². The minimum atomic E-state index is -0.0384. The standard InChI is InChI=1S/C17H13NS2/c18-17(13-10-19-15-8-4-2-6-12(13)15)16-9-11-5-1-3-7-14(11)20-16/h1-10,17H,18H2. The van der Waals surface area contributed by atoms with Crippen LogP contribution >= 0.6 is 22.7 Å². The molecule has 4 rings (SSSR count). The van der Waals surface area contributed by atoms with Crippen molar-refractivity contribution in [3.05, 3.63) is 70.4 Å². The van der Waals surface area contributed by atoms with Crippen LogP contribution in [0.1, 0.15) is 16.5 Å². The lowest BCUT2D eigenvalue weighted by Gasteiger charge is -2.08. The van der Waals surface area contributed by atoms with E-state index in [-0.39, 0.29) is 6.04 Å². The van der Waals surface area contributed by atoms with Crippen LogP contribution in [0.2, 0.25) is 0 Å². The van der Waals surface area contributed by atoms with Crippen LogP contribution < -0.4 is 5.73 Å². The summed E-state index contributed by atoms with van der Waals surface area (Å²) in [5.41, 5.74) is 7.74. The lowest BCUT2D eigenvalue weighted by atomic mass is 10.0. The van der Waals surface area contributed by atoms with E-state index in [0.29, 0.717) is 0 Å². The molecule has 0 saturated carbocycles. The quantitative estimate of drug-likeness (QED) is 0.543. The summed E-state index contributed by atoms with van der Waals surface area (Å²) in [6, 6.07) is 19.1. The largest absolute Gasteiger partial charge is 0.320 e. The second-order valence-electron chi connectivity index (χ2n) is 4.85. The molecule has 0 spiro atoms. The van der Waals surface area contributed by atoms with Crippen LogP contribution in [0.5, 0.6) is 0 Å². The van der Waals surface area contributed by atoms with Crippen molar-refractivity contribution in [2.75, 3.05) is 0 Å². The Balaban J connectivity index is 1.85. The molecule has 98 valence electrons. The molecule has 20 heavy (non-hydrogen) atoms. The van der Waals surface area contributed by atoms with Crippen molar-refractivity contribution in [1.82, 2.24) is 0 Å². The molecule has 1 atom stereocenters. The molecule has 2 N–H and O–H groups in total. The molecule has 0 fully saturated rings. The predicted molar refractivity (Wildman–Crippen MR) is 89.7 cm³/mol. The first-order valence-corrected chi connectivity index (χ1v) is 8.23. The third-order valence-electron chi connectivity index (χ3n) is 3.60. The summed E-state index contributed by atoms with van der Waals surface area (Å²) in [6.07, 6.45) is 0. The van der Waals surface area contributed by atoms with E-state index in [1.165, 1.54) is 30.6 Å². The molecule has 2 heterocycles. The summed E-state index contributed by atoms with van der Waals surface area (Å²) in [6.45, 7) is 0. The summed E-state index contributed by atoms with van der Waals surface area (Å²) in [5, 5.41) is 4.75. The predicted octanol–water partition coefficient (Wildman–Crippen LogP) is 5.16. The Labute approximate surface area is 125 Å². The van der Waals surface area contributed by atoms with Crippen molar-refractivity contribution in [2.24, 2.45) is 5.73 Å². The molecule has 4 aromatic rings. The first-order valence-electron chi connectivity index (χ1n) is 6.53. The maximum Gasteiger partial charge on any atom is 0.0660 e. The number of hydrogen-bond donors (Lipinski definition) is 1. The first kappa shape index (κ1) is 12.1. The van der Waals surface area contributed by atoms with Crippen molar-refractivity contribution in [1.29, 1.82) is 0 Å². The molecule has 0 bridgehead atoms. The van der Waals surface area contributed by atoms with Crippen molar-refractivity contribution in [3.63, 3.8) is 0 Å². The fourth-order valence-electron chi connectivity index (χ4n) is 2.55. The fraction of sp³-hybridized carbons (Fsp3) is 0.0588. The minimum absolute atomic E-state index is 0.0384. The molecular weight excluding hydrogens is 282 g/mol. The number of fused-ring (bicyclic) bond motifs is 2. The molecule has 0 saturated heterocycles. The van der Waals surface area contributed by atoms with Crippen LogP contribution in [0.15, 0.2) is 60.0 Å². The Morgan fingerprint density at radius 3 is 2.50 bits per heavy atom. The third-order valence-corrected chi connectivity index (χ3v) is 5.78. The van der Waals surface area contributed by atoms with Crippen molar-refractivity contribution < 1.29 is 0 Å². The molecule has 0 radical (unpaired) electrons. The molecule has 3 heteroatoms. The summed E-state index contributed by atoms with van der Waals surface area (Å²) in [5.74, 6) is 0. The molecule has 0 aliphatic rings. The van der Waals surface area contributed by atoms with Gasteiger partial charge in [0.05, 0.1) is 6.04 Å². The van der Waals surface area contributed by atoms with Crippen molar-refractivity contribution >= 4 is 42.8 Å². The van der Waals surface area contributed by atoms with Gasteiger partial charge in [0.25, 0.3) is 0 Å². The highest BCUT2D eigenvalue weighted by molar-refractivity contribution is 7.19. The number of hydrogen-bond acceptors (Lipinski definition) is 3. The van der Waals surface area contributed by atoms with Gasteiger partial charge >= 0.3 is 0 Å². The van der Waals surface area contributed by atoms with Gasteiger partial charge in [-0.2, -0.15) is 0 Å². The van der Waals surface area contributed by atoms with Gasteiger partial charge in [-0.1, -0.05) is 36.4 Å². The van der Waals surface area contributed by atoms with Crippen molar-refractivity contribution in [2.45, 2.75) is 6.04 Å². The monoisotopic (exact) mass is 295 g/mol. The van der Waals surface area contributed by atoms with Gasteiger partial charge in [0, 0.05) is 14.3 Å². The highest BCUT2D eigenvalue weighted by Crippen LogP contribution is 2.36. The Morgan fingerprint density at radius 2 is 1.65 bits per heavy atom. The third kappa shape index (κ3) is 1.86. The van der Waals surface area contributed by atoms with Crippen LogP contribution in [0.4, 0.5) is 0 Å². The van der Waals surface area contributed by atoms with Gasteiger partial charge in [-0.25, -0.2) is 0 Å². The molecule has 2 aromatic heterocycles. The molecule has 0 aliphatic heterocycles. The fourth-order valence-corrected chi connectivity index (χ4v) is 4.63. The minimum Gasteiger partial charge on any atom is -0.320 e. The van der Waals surface area contributed by atoms with E-state index >= 15 is 0 Å². The Hall–Kier alpha value is -1.68. The van der Waals surface area contributed by atoms with Crippen LogP contribution in [0, 0.1) is 0 Å². The number of rotatable bonds is 2. The van der Waals surface area contributed by atoms with Crippen molar-refractivity contribution in [3.8, 4) is 0 Å². The number of nitrogens with two attached hydrogens (primary N) is 1. The van der Waals surface area contributed by atoms with Crippen LogP contribution in [-0.2, 0) is 0 Å². The molecular formula is C17H13NS2. The first-order chi connectivity index (χ1) is 9.83. The average molecular weight is 295 g/mol. The summed E-state index contributed by atoms with van der Waals surface area (Å²) in [4.78, 5) is 1.23. The normalized spacial score (nSPS) is 13.1. The SMILES string of the molecule is NC(c1cc2ccccc2s1)c1csc2ccccc12. The van der Waals surface area contributed by atoms with Crippen LogP contribution in [0.3, 0.4) is 0 Å². The zero-order valence-electron chi connectivity index (χ0n) is 10.7. The van der Waals surface area contributed by atoms with Gasteiger partial charge in [-0.05, 0) is 39.9 Å². The molecule has 0 aliphatic carbocycles. The van der Waals surface area contributed by atoms with E-state index < -0.39 is 0 Å². The van der Waals surface area contributed by atoms with E-state index in [0.717, 1.165) is 0 Å². The molecule has 1 unspecified atom stereocenters. The van der Waals surface area contributed by atoms with Gasteiger partial charge in [0.2, 0.25) is 0 Å². The Bertz CT molecular complexity index is 855. The Morgan fingerprint density at radius 1 is 0.900 bits per heavy atom. The average Bonchev–Trinajstić information content (AvgIpc) is 3.10.